The van der Waals surface area contributed by atoms with E-state index in [4.69, 9.17) is 14.6 Å². The largest absolute Gasteiger partial charge is 0.497 e. The Morgan fingerprint density at radius 2 is 1.91 bits per heavy atom. The summed E-state index contributed by atoms with van der Waals surface area (Å²) in [6, 6.07) is 16.3. The van der Waals surface area contributed by atoms with Gasteiger partial charge in [0.05, 0.1) is 18.8 Å². The summed E-state index contributed by atoms with van der Waals surface area (Å²) in [7, 11) is 1.47. The maximum atomic E-state index is 13.9. The van der Waals surface area contributed by atoms with Gasteiger partial charge in [-0.05, 0) is 71.8 Å². The number of hydrogen-bond donors (Lipinski definition) is 2. The Balaban J connectivity index is 1.67. The molecule has 2 atom stereocenters. The van der Waals surface area contributed by atoms with Crippen molar-refractivity contribution < 1.29 is 32.5 Å². The lowest BCUT2D eigenvalue weighted by molar-refractivity contribution is -0.139. The predicted octanol–water partition coefficient (Wildman–Crippen LogP) is 4.99. The van der Waals surface area contributed by atoms with Crippen LogP contribution in [0.1, 0.15) is 30.0 Å². The van der Waals surface area contributed by atoms with Crippen LogP contribution in [0.3, 0.4) is 0 Å². The van der Waals surface area contributed by atoms with Crippen LogP contribution in [0.5, 0.6) is 11.5 Å². The summed E-state index contributed by atoms with van der Waals surface area (Å²) in [6.45, 7) is -0.455. The van der Waals surface area contributed by atoms with E-state index in [2.05, 4.69) is 0 Å². The molecule has 4 rings (SSSR count). The van der Waals surface area contributed by atoms with Crippen molar-refractivity contribution in [2.24, 2.45) is 0 Å². The number of halogens is 1. The van der Waals surface area contributed by atoms with Crippen molar-refractivity contribution in [3.8, 4) is 22.6 Å². The van der Waals surface area contributed by atoms with E-state index in [1.165, 1.54) is 23.5 Å². The Kier molecular flexibility index (Phi) is 7.14. The molecule has 0 radical (unpaired) electrons. The van der Waals surface area contributed by atoms with Gasteiger partial charge in [0.1, 0.15) is 17.3 Å². The zero-order chi connectivity index (χ0) is 24.2. The number of hydrogen-bond acceptors (Lipinski definition) is 4. The summed E-state index contributed by atoms with van der Waals surface area (Å²) in [4.78, 5) is 10.9. The van der Waals surface area contributed by atoms with Crippen molar-refractivity contribution in [2.45, 2.75) is 25.3 Å². The third-order valence-corrected chi connectivity index (χ3v) is 6.60. The van der Waals surface area contributed by atoms with E-state index in [0.717, 1.165) is 23.1 Å². The molecule has 2 N–H and O–H groups in total. The fraction of sp³-hybridized carbons (Fsp3) is 0.240. The normalized spacial score (nSPS) is 15.8. The van der Waals surface area contributed by atoms with Gasteiger partial charge in [-0.25, -0.2) is 13.4 Å². The SMILES string of the molecule is COc1cc(F)cc(-c2ccc(N(C3CCCc4c(OCC(=O)O)cccc43)S(=O)O)cc2)c1. The molecule has 0 spiro atoms. The zero-order valence-electron chi connectivity index (χ0n) is 18.4. The van der Waals surface area contributed by atoms with Gasteiger partial charge in [-0.15, -0.1) is 0 Å². The molecule has 0 bridgehead atoms. The quantitative estimate of drug-likeness (QED) is 0.437. The summed E-state index contributed by atoms with van der Waals surface area (Å²) in [5.74, 6) is -0.615. The van der Waals surface area contributed by atoms with Crippen LogP contribution in [0.4, 0.5) is 10.1 Å². The number of carbonyl (C=O) groups is 1. The van der Waals surface area contributed by atoms with E-state index in [1.807, 2.05) is 6.07 Å². The molecule has 2 unspecified atom stereocenters. The molecule has 9 heteroatoms. The van der Waals surface area contributed by atoms with Crippen molar-refractivity contribution in [2.75, 3.05) is 18.0 Å². The summed E-state index contributed by atoms with van der Waals surface area (Å²) < 4.78 is 48.6. The molecule has 0 fully saturated rings. The van der Waals surface area contributed by atoms with Crippen molar-refractivity contribution in [3.05, 3.63) is 77.6 Å². The minimum Gasteiger partial charge on any atom is -0.497 e. The maximum absolute atomic E-state index is 13.9. The van der Waals surface area contributed by atoms with E-state index >= 15 is 0 Å². The Hall–Kier alpha value is -3.43. The number of benzene rings is 3. The lowest BCUT2D eigenvalue weighted by Crippen LogP contribution is -2.33. The van der Waals surface area contributed by atoms with Crippen LogP contribution in [0.2, 0.25) is 0 Å². The second-order valence-electron chi connectivity index (χ2n) is 7.90. The van der Waals surface area contributed by atoms with Gasteiger partial charge in [0.25, 0.3) is 11.3 Å². The third-order valence-electron chi connectivity index (χ3n) is 5.80. The Morgan fingerprint density at radius 1 is 1.15 bits per heavy atom. The molecule has 178 valence electrons. The van der Waals surface area contributed by atoms with E-state index in [1.54, 1.807) is 42.5 Å². The van der Waals surface area contributed by atoms with Crippen LogP contribution in [0.25, 0.3) is 11.1 Å². The number of ether oxygens (including phenoxy) is 2. The number of methoxy groups -OCH3 is 1. The first-order valence-corrected chi connectivity index (χ1v) is 11.8. The molecule has 3 aromatic carbocycles. The number of carboxylic acids is 1. The lowest BCUT2D eigenvalue weighted by atomic mass is 9.87. The highest BCUT2D eigenvalue weighted by Gasteiger charge is 2.31. The minimum absolute atomic E-state index is 0.400. The maximum Gasteiger partial charge on any atom is 0.341 e. The summed E-state index contributed by atoms with van der Waals surface area (Å²) in [6.07, 6.45) is 2.08. The van der Waals surface area contributed by atoms with Crippen LogP contribution in [0.15, 0.2) is 60.7 Å². The van der Waals surface area contributed by atoms with Gasteiger partial charge in [-0.3, -0.25) is 8.86 Å². The van der Waals surface area contributed by atoms with Gasteiger partial charge in [-0.2, -0.15) is 0 Å². The van der Waals surface area contributed by atoms with Gasteiger partial charge < -0.3 is 14.6 Å². The second kappa shape index (κ2) is 10.2. The van der Waals surface area contributed by atoms with Crippen molar-refractivity contribution in [1.29, 1.82) is 0 Å². The fourth-order valence-electron chi connectivity index (χ4n) is 4.34. The first kappa shape index (κ1) is 23.7. The molecule has 34 heavy (non-hydrogen) atoms. The molecule has 0 aliphatic heterocycles. The number of nitrogens with zero attached hydrogens (tertiary/aromatic N) is 1. The number of aliphatic carboxylic acids is 1. The summed E-state index contributed by atoms with van der Waals surface area (Å²) in [5.41, 5.74) is 3.57. The standard InChI is InChI=1S/C25H24FNO6S/c1-32-20-13-17(12-18(26)14-20)16-8-10-19(11-9-16)27(34(30)31)23-6-2-5-22-21(23)4-3-7-24(22)33-15-25(28)29/h3-4,7-14,23H,2,5-6,15H2,1H3,(H,28,29)(H,30,31). The van der Waals surface area contributed by atoms with Crippen LogP contribution in [-0.4, -0.2) is 33.6 Å². The molecular weight excluding hydrogens is 461 g/mol. The molecule has 1 aliphatic carbocycles. The highest BCUT2D eigenvalue weighted by Crippen LogP contribution is 2.41. The van der Waals surface area contributed by atoms with Gasteiger partial charge in [0.2, 0.25) is 0 Å². The molecule has 0 aromatic heterocycles. The number of fused-ring (bicyclic) bond motifs is 1. The Labute approximate surface area is 199 Å². The first-order chi connectivity index (χ1) is 16.4. The van der Waals surface area contributed by atoms with Crippen LogP contribution in [0, 0.1) is 5.82 Å². The number of rotatable bonds is 8. The van der Waals surface area contributed by atoms with Crippen LogP contribution < -0.4 is 13.8 Å². The van der Waals surface area contributed by atoms with E-state index in [9.17, 15) is 17.9 Å². The van der Waals surface area contributed by atoms with Crippen molar-refractivity contribution in [1.82, 2.24) is 0 Å². The average Bonchev–Trinajstić information content (AvgIpc) is 2.82. The second-order valence-corrected chi connectivity index (χ2v) is 8.75. The topological polar surface area (TPSA) is 96.3 Å². The first-order valence-electron chi connectivity index (χ1n) is 10.7. The van der Waals surface area contributed by atoms with Gasteiger partial charge in [0.15, 0.2) is 6.61 Å². The Morgan fingerprint density at radius 3 is 2.59 bits per heavy atom. The predicted molar refractivity (Wildman–Crippen MR) is 127 cm³/mol. The minimum atomic E-state index is -2.32. The van der Waals surface area contributed by atoms with Gasteiger partial charge >= 0.3 is 5.97 Å². The molecule has 0 heterocycles. The average molecular weight is 486 g/mol. The molecule has 0 saturated heterocycles. The molecule has 0 amide bonds. The third kappa shape index (κ3) is 5.05. The van der Waals surface area contributed by atoms with Crippen molar-refractivity contribution in [3.63, 3.8) is 0 Å². The van der Waals surface area contributed by atoms with Crippen LogP contribution >= 0.6 is 0 Å². The highest BCUT2D eigenvalue weighted by molar-refractivity contribution is 7.80. The fourth-order valence-corrected chi connectivity index (χ4v) is 5.07. The highest BCUT2D eigenvalue weighted by atomic mass is 32.2. The molecular formula is C25H24FNO6S. The number of anilines is 1. The number of carboxylic acid groups (broad SMARTS) is 1. The van der Waals surface area contributed by atoms with Crippen molar-refractivity contribution >= 4 is 22.9 Å². The van der Waals surface area contributed by atoms with E-state index in [-0.39, 0.29) is 0 Å². The van der Waals surface area contributed by atoms with Gasteiger partial charge in [0, 0.05) is 6.07 Å². The molecule has 1 aliphatic rings. The summed E-state index contributed by atoms with van der Waals surface area (Å²) >= 11 is -2.32. The molecule has 7 nitrogen and oxygen atoms in total. The van der Waals surface area contributed by atoms with E-state index in [0.29, 0.717) is 35.6 Å². The Bertz CT molecular complexity index is 1220. The van der Waals surface area contributed by atoms with Crippen LogP contribution in [-0.2, 0) is 22.5 Å². The van der Waals surface area contributed by atoms with Gasteiger partial charge in [-0.1, -0.05) is 24.3 Å². The zero-order valence-corrected chi connectivity index (χ0v) is 19.3. The lowest BCUT2D eigenvalue weighted by Gasteiger charge is -2.35. The smallest absolute Gasteiger partial charge is 0.341 e. The molecule has 0 saturated carbocycles. The monoisotopic (exact) mass is 485 g/mol. The van der Waals surface area contributed by atoms with E-state index < -0.39 is 35.7 Å². The molecule has 3 aromatic rings. The summed E-state index contributed by atoms with van der Waals surface area (Å²) in [5, 5.41) is 8.96.